The first-order valence-corrected chi connectivity index (χ1v) is 7.47. The zero-order valence-corrected chi connectivity index (χ0v) is 10.5. The van der Waals surface area contributed by atoms with Gasteiger partial charge >= 0.3 is 5.97 Å². The summed E-state index contributed by atoms with van der Waals surface area (Å²) in [4.78, 5) is 11.0. The summed E-state index contributed by atoms with van der Waals surface area (Å²) in [6.45, 7) is 0.909. The van der Waals surface area contributed by atoms with Crippen LogP contribution in [0.2, 0.25) is 0 Å². The van der Waals surface area contributed by atoms with Crippen LogP contribution in [0, 0.1) is 11.8 Å². The molecule has 1 heterocycles. The maximum Gasteiger partial charge on any atom is 0.306 e. The van der Waals surface area contributed by atoms with Gasteiger partial charge in [0.05, 0.1) is 5.92 Å². The summed E-state index contributed by atoms with van der Waals surface area (Å²) in [5, 5.41) is 12.7. The van der Waals surface area contributed by atoms with Crippen LogP contribution in [0.5, 0.6) is 0 Å². The molecule has 0 aromatic carbocycles. The molecule has 0 aromatic heterocycles. The van der Waals surface area contributed by atoms with E-state index in [2.05, 4.69) is 5.32 Å². The first-order chi connectivity index (χ1) is 7.77. The topological polar surface area (TPSA) is 49.3 Å². The first-order valence-electron chi connectivity index (χ1n) is 6.31. The van der Waals surface area contributed by atoms with Gasteiger partial charge in [0.1, 0.15) is 0 Å². The van der Waals surface area contributed by atoms with Crippen molar-refractivity contribution in [2.45, 2.75) is 38.1 Å². The number of carboxylic acid groups (broad SMARTS) is 1. The number of aliphatic carboxylic acids is 1. The number of carboxylic acids is 1. The van der Waals surface area contributed by atoms with Crippen molar-refractivity contribution in [1.29, 1.82) is 0 Å². The molecule has 2 rings (SSSR count). The molecular weight excluding hydrogens is 222 g/mol. The van der Waals surface area contributed by atoms with Gasteiger partial charge in [-0.15, -0.1) is 0 Å². The van der Waals surface area contributed by atoms with Crippen molar-refractivity contribution in [3.05, 3.63) is 0 Å². The first kappa shape index (κ1) is 12.2. The second-order valence-corrected chi connectivity index (χ2v) is 6.16. The summed E-state index contributed by atoms with van der Waals surface area (Å²) >= 11 is 2.03. The van der Waals surface area contributed by atoms with E-state index in [1.165, 1.54) is 24.3 Å². The molecule has 0 amide bonds. The molecule has 4 heteroatoms. The van der Waals surface area contributed by atoms with Crippen molar-refractivity contribution >= 4 is 17.7 Å². The zero-order chi connectivity index (χ0) is 11.4. The molecular formula is C12H21NO2S. The summed E-state index contributed by atoms with van der Waals surface area (Å²) in [5.74, 6) is 2.19. The average molecular weight is 243 g/mol. The molecule has 2 atom stereocenters. The minimum Gasteiger partial charge on any atom is -0.481 e. The Balaban J connectivity index is 1.73. The SMILES string of the molecule is O=C(O)C1CCCC1CNC1CCSCC1. The lowest BCUT2D eigenvalue weighted by Crippen LogP contribution is -2.38. The van der Waals surface area contributed by atoms with Crippen molar-refractivity contribution in [3.63, 3.8) is 0 Å². The fourth-order valence-corrected chi connectivity index (χ4v) is 3.93. The van der Waals surface area contributed by atoms with Gasteiger partial charge in [0.15, 0.2) is 0 Å². The van der Waals surface area contributed by atoms with Crippen molar-refractivity contribution in [3.8, 4) is 0 Å². The Labute approximate surface area is 101 Å². The molecule has 2 N–H and O–H groups in total. The fraction of sp³-hybridized carbons (Fsp3) is 0.917. The van der Waals surface area contributed by atoms with Gasteiger partial charge in [0.2, 0.25) is 0 Å². The van der Waals surface area contributed by atoms with Crippen LogP contribution in [-0.2, 0) is 4.79 Å². The number of thioether (sulfide) groups is 1. The van der Waals surface area contributed by atoms with E-state index in [0.29, 0.717) is 12.0 Å². The van der Waals surface area contributed by atoms with Crippen molar-refractivity contribution in [1.82, 2.24) is 5.32 Å². The summed E-state index contributed by atoms with van der Waals surface area (Å²) in [7, 11) is 0. The van der Waals surface area contributed by atoms with Crippen LogP contribution in [0.1, 0.15) is 32.1 Å². The second-order valence-electron chi connectivity index (χ2n) is 4.93. The van der Waals surface area contributed by atoms with Crippen LogP contribution in [0.25, 0.3) is 0 Å². The number of hydrogen-bond acceptors (Lipinski definition) is 3. The van der Waals surface area contributed by atoms with E-state index in [-0.39, 0.29) is 5.92 Å². The van der Waals surface area contributed by atoms with Gasteiger partial charge in [-0.1, -0.05) is 6.42 Å². The zero-order valence-electron chi connectivity index (χ0n) is 9.65. The molecule has 0 radical (unpaired) electrons. The van der Waals surface area contributed by atoms with Crippen LogP contribution in [0.15, 0.2) is 0 Å². The van der Waals surface area contributed by atoms with Crippen LogP contribution < -0.4 is 5.32 Å². The van der Waals surface area contributed by atoms with Crippen molar-refractivity contribution < 1.29 is 9.90 Å². The largest absolute Gasteiger partial charge is 0.481 e. The number of nitrogens with one attached hydrogen (secondary N) is 1. The van der Waals surface area contributed by atoms with Gasteiger partial charge in [-0.2, -0.15) is 11.8 Å². The van der Waals surface area contributed by atoms with Gasteiger partial charge in [0, 0.05) is 6.04 Å². The molecule has 2 aliphatic rings. The minimum absolute atomic E-state index is 0.0922. The van der Waals surface area contributed by atoms with E-state index in [4.69, 9.17) is 5.11 Å². The molecule has 1 saturated carbocycles. The molecule has 0 aromatic rings. The molecule has 1 aliphatic heterocycles. The van der Waals surface area contributed by atoms with Gasteiger partial charge in [-0.25, -0.2) is 0 Å². The van der Waals surface area contributed by atoms with E-state index in [1.807, 2.05) is 11.8 Å². The predicted octanol–water partition coefficient (Wildman–Crippen LogP) is 1.97. The third kappa shape index (κ3) is 3.14. The molecule has 92 valence electrons. The quantitative estimate of drug-likeness (QED) is 0.792. The predicted molar refractivity (Wildman–Crippen MR) is 66.8 cm³/mol. The Morgan fingerprint density at radius 2 is 2.00 bits per heavy atom. The standard InChI is InChI=1S/C12H21NO2S/c14-12(15)11-3-1-2-9(11)8-13-10-4-6-16-7-5-10/h9-11,13H,1-8H2,(H,14,15). The summed E-state index contributed by atoms with van der Waals surface area (Å²) in [6.07, 6.45) is 5.54. The third-order valence-corrected chi connectivity index (χ3v) is 4.92. The normalized spacial score (nSPS) is 31.8. The molecule has 3 nitrogen and oxygen atoms in total. The molecule has 2 unspecified atom stereocenters. The van der Waals surface area contributed by atoms with Crippen LogP contribution >= 0.6 is 11.8 Å². The maximum absolute atomic E-state index is 11.0. The van der Waals surface area contributed by atoms with Crippen molar-refractivity contribution in [2.24, 2.45) is 11.8 Å². The molecule has 0 spiro atoms. The third-order valence-electron chi connectivity index (χ3n) is 3.87. The van der Waals surface area contributed by atoms with Crippen molar-refractivity contribution in [2.75, 3.05) is 18.1 Å². The Kier molecular flexibility index (Phi) is 4.53. The average Bonchev–Trinajstić information content (AvgIpc) is 2.76. The molecule has 1 saturated heterocycles. The Bertz CT molecular complexity index is 241. The molecule has 0 bridgehead atoms. The molecule has 2 fully saturated rings. The summed E-state index contributed by atoms with van der Waals surface area (Å²) in [6, 6.07) is 0.635. The van der Waals surface area contributed by atoms with Crippen LogP contribution in [-0.4, -0.2) is 35.2 Å². The van der Waals surface area contributed by atoms with Gasteiger partial charge < -0.3 is 10.4 Å². The summed E-state index contributed by atoms with van der Waals surface area (Å²) < 4.78 is 0. The summed E-state index contributed by atoms with van der Waals surface area (Å²) in [5.41, 5.74) is 0. The fourth-order valence-electron chi connectivity index (χ4n) is 2.83. The number of carbonyl (C=O) groups is 1. The Morgan fingerprint density at radius 1 is 1.25 bits per heavy atom. The van der Waals surface area contributed by atoms with E-state index in [1.54, 1.807) is 0 Å². The highest BCUT2D eigenvalue weighted by Gasteiger charge is 2.32. The number of rotatable bonds is 4. The Hall–Kier alpha value is -0.220. The molecule has 16 heavy (non-hydrogen) atoms. The Morgan fingerprint density at radius 3 is 2.69 bits per heavy atom. The lowest BCUT2D eigenvalue weighted by Gasteiger charge is -2.25. The van der Waals surface area contributed by atoms with E-state index in [9.17, 15) is 4.79 Å². The van der Waals surface area contributed by atoms with E-state index >= 15 is 0 Å². The number of hydrogen-bond donors (Lipinski definition) is 2. The van der Waals surface area contributed by atoms with Gasteiger partial charge in [0.25, 0.3) is 0 Å². The lowest BCUT2D eigenvalue weighted by molar-refractivity contribution is -0.142. The maximum atomic E-state index is 11.0. The lowest BCUT2D eigenvalue weighted by atomic mass is 9.95. The van der Waals surface area contributed by atoms with Crippen LogP contribution in [0.3, 0.4) is 0 Å². The minimum atomic E-state index is -0.594. The smallest absolute Gasteiger partial charge is 0.306 e. The highest BCUT2D eigenvalue weighted by atomic mass is 32.2. The highest BCUT2D eigenvalue weighted by Crippen LogP contribution is 2.31. The monoisotopic (exact) mass is 243 g/mol. The van der Waals surface area contributed by atoms with E-state index in [0.717, 1.165) is 25.8 Å². The van der Waals surface area contributed by atoms with Crippen LogP contribution in [0.4, 0.5) is 0 Å². The van der Waals surface area contributed by atoms with Gasteiger partial charge in [-0.05, 0) is 49.7 Å². The molecule has 1 aliphatic carbocycles. The van der Waals surface area contributed by atoms with E-state index < -0.39 is 5.97 Å². The highest BCUT2D eigenvalue weighted by molar-refractivity contribution is 7.99. The second kappa shape index (κ2) is 5.92. The van der Waals surface area contributed by atoms with Gasteiger partial charge in [-0.3, -0.25) is 4.79 Å².